The van der Waals surface area contributed by atoms with Gasteiger partial charge in [0.1, 0.15) is 11.2 Å². The molecule has 0 N–H and O–H groups in total. The molecule has 69 heavy (non-hydrogen) atoms. The molecule has 7 heteroatoms. The first-order valence-corrected chi connectivity index (χ1v) is 23.2. The summed E-state index contributed by atoms with van der Waals surface area (Å²) in [5.74, 6) is 3.83. The molecule has 0 radical (unpaired) electrons. The number of fused-ring (bicyclic) bond motifs is 3. The molecule has 3 aromatic heterocycles. The topological polar surface area (TPSA) is 90.5 Å². The molecule has 2 atom stereocenters. The number of benzene rings is 9. The number of hydrogen-bond acceptors (Lipinski definition) is 7. The highest BCUT2D eigenvalue weighted by Crippen LogP contribution is 2.56. The predicted molar refractivity (Wildman–Crippen MR) is 273 cm³/mol. The highest BCUT2D eigenvalue weighted by Gasteiger charge is 2.41. The average molecular weight is 883 g/mol. The van der Waals surface area contributed by atoms with Crippen molar-refractivity contribution in [2.24, 2.45) is 0 Å². The van der Waals surface area contributed by atoms with Crippen molar-refractivity contribution in [3.8, 4) is 79.5 Å². The van der Waals surface area contributed by atoms with Crippen molar-refractivity contribution >= 4 is 21.9 Å². The molecule has 0 saturated heterocycles. The zero-order valence-corrected chi connectivity index (χ0v) is 37.0. The standard InChI is InChI=1S/C62H38N6O/c1-4-15-37(16-5-1)57-63-58(38-17-6-2-7-18-38)66-61(65-57)43-27-30-48-51(35-43)55-46-24-10-11-25-47(46)56(48)52-36-44(28-31-49(52)55)62-67-59(39-19-8-3-9-20-39)64-60(68-62)42-22-14-21-40(33-42)41-29-32-54-50(34-41)45-23-12-13-26-53(45)69-54/h1-36,55-56H. The van der Waals surface area contributed by atoms with Crippen LogP contribution in [0, 0.1) is 0 Å². The molecule has 322 valence electrons. The third kappa shape index (κ3) is 6.58. The van der Waals surface area contributed by atoms with Crippen LogP contribution in [-0.2, 0) is 0 Å². The summed E-state index contributed by atoms with van der Waals surface area (Å²) in [5, 5.41) is 2.19. The minimum Gasteiger partial charge on any atom is -0.456 e. The van der Waals surface area contributed by atoms with Gasteiger partial charge in [0.15, 0.2) is 34.9 Å². The number of rotatable bonds is 7. The van der Waals surface area contributed by atoms with Gasteiger partial charge in [-0.05, 0) is 80.9 Å². The summed E-state index contributed by atoms with van der Waals surface area (Å²) in [6, 6.07) is 76.0. The van der Waals surface area contributed by atoms with Crippen molar-refractivity contribution in [3.63, 3.8) is 0 Å². The number of hydrogen-bond donors (Lipinski definition) is 0. The van der Waals surface area contributed by atoms with E-state index in [-0.39, 0.29) is 11.8 Å². The van der Waals surface area contributed by atoms with Crippen LogP contribution in [0.2, 0.25) is 0 Å². The van der Waals surface area contributed by atoms with Crippen molar-refractivity contribution in [1.82, 2.24) is 29.9 Å². The van der Waals surface area contributed by atoms with Gasteiger partial charge in [0.25, 0.3) is 0 Å². The lowest BCUT2D eigenvalue weighted by Crippen LogP contribution is -2.27. The second-order valence-corrected chi connectivity index (χ2v) is 17.8. The third-order valence-corrected chi connectivity index (χ3v) is 13.7. The molecule has 0 aliphatic heterocycles. The van der Waals surface area contributed by atoms with E-state index in [4.69, 9.17) is 34.3 Å². The van der Waals surface area contributed by atoms with E-state index in [1.807, 2.05) is 91.0 Å². The molecular formula is C62H38N6O. The van der Waals surface area contributed by atoms with Gasteiger partial charge in [0, 0.05) is 56.0 Å². The molecule has 0 saturated carbocycles. The molecule has 12 aromatic rings. The second kappa shape index (κ2) is 15.7. The summed E-state index contributed by atoms with van der Waals surface area (Å²) < 4.78 is 6.15. The van der Waals surface area contributed by atoms with Gasteiger partial charge >= 0.3 is 0 Å². The van der Waals surface area contributed by atoms with Gasteiger partial charge in [-0.25, -0.2) is 29.9 Å². The Labute approximate surface area is 397 Å². The summed E-state index contributed by atoms with van der Waals surface area (Å²) in [4.78, 5) is 30.7. The Morgan fingerprint density at radius 3 is 1.12 bits per heavy atom. The minimum absolute atomic E-state index is 0.0135. The van der Waals surface area contributed by atoms with Crippen molar-refractivity contribution < 1.29 is 4.42 Å². The van der Waals surface area contributed by atoms with Gasteiger partial charge in [-0.15, -0.1) is 0 Å². The van der Waals surface area contributed by atoms with E-state index in [9.17, 15) is 0 Å². The van der Waals surface area contributed by atoms with Crippen LogP contribution >= 0.6 is 0 Å². The molecule has 3 aliphatic rings. The SMILES string of the molecule is c1ccc(-c2nc(-c3ccccc3)nc(-c3ccc4c(c3)C3c5ccccc5C4c4cc(-c5nc(-c6ccccc6)nc(-c6cccc(-c7ccc8oc9ccccc9c8c7)c6)n5)ccc43)n2)cc1. The smallest absolute Gasteiger partial charge is 0.164 e. The summed E-state index contributed by atoms with van der Waals surface area (Å²) >= 11 is 0. The largest absolute Gasteiger partial charge is 0.456 e. The maximum Gasteiger partial charge on any atom is 0.164 e. The van der Waals surface area contributed by atoms with Crippen molar-refractivity contribution in [3.05, 3.63) is 252 Å². The highest BCUT2D eigenvalue weighted by molar-refractivity contribution is 6.06. The molecule has 3 heterocycles. The van der Waals surface area contributed by atoms with Crippen LogP contribution in [-0.4, -0.2) is 29.9 Å². The monoisotopic (exact) mass is 882 g/mol. The maximum atomic E-state index is 6.15. The van der Waals surface area contributed by atoms with Crippen LogP contribution in [0.3, 0.4) is 0 Å². The Morgan fingerprint density at radius 2 is 0.594 bits per heavy atom. The van der Waals surface area contributed by atoms with Crippen molar-refractivity contribution in [2.45, 2.75) is 11.8 Å². The van der Waals surface area contributed by atoms with Crippen LogP contribution in [0.25, 0.3) is 101 Å². The Balaban J connectivity index is 0.874. The summed E-state index contributed by atoms with van der Waals surface area (Å²) in [6.07, 6.45) is 0. The molecule has 0 amide bonds. The van der Waals surface area contributed by atoms with E-state index in [0.717, 1.165) is 66.4 Å². The molecular weight excluding hydrogens is 845 g/mol. The molecule has 15 rings (SSSR count). The lowest BCUT2D eigenvalue weighted by Gasteiger charge is -2.42. The van der Waals surface area contributed by atoms with E-state index in [0.29, 0.717) is 34.9 Å². The van der Waals surface area contributed by atoms with Gasteiger partial charge in [0.2, 0.25) is 0 Å². The molecule has 0 spiro atoms. The lowest BCUT2D eigenvalue weighted by atomic mass is 9.61. The fraction of sp³-hybridized carbons (Fsp3) is 0.0323. The Kier molecular flexibility index (Phi) is 8.89. The summed E-state index contributed by atoms with van der Waals surface area (Å²) in [5.41, 5.74) is 17.3. The Bertz CT molecular complexity index is 3920. The maximum absolute atomic E-state index is 6.15. The molecule has 2 bridgehead atoms. The van der Waals surface area contributed by atoms with E-state index in [2.05, 4.69) is 127 Å². The number of nitrogens with zero attached hydrogens (tertiary/aromatic N) is 6. The first kappa shape index (κ1) is 39.0. The highest BCUT2D eigenvalue weighted by atomic mass is 16.3. The fourth-order valence-electron chi connectivity index (χ4n) is 10.5. The Hall–Kier alpha value is -9.20. The average Bonchev–Trinajstić information content (AvgIpc) is 3.81. The zero-order chi connectivity index (χ0) is 45.4. The molecule has 7 nitrogen and oxygen atoms in total. The van der Waals surface area contributed by atoms with Crippen molar-refractivity contribution in [1.29, 1.82) is 0 Å². The first-order valence-electron chi connectivity index (χ1n) is 23.2. The van der Waals surface area contributed by atoms with Gasteiger partial charge in [0.05, 0.1) is 0 Å². The van der Waals surface area contributed by atoms with Crippen LogP contribution in [0.1, 0.15) is 45.2 Å². The van der Waals surface area contributed by atoms with Gasteiger partial charge < -0.3 is 4.42 Å². The summed E-state index contributed by atoms with van der Waals surface area (Å²) in [7, 11) is 0. The van der Waals surface area contributed by atoms with E-state index >= 15 is 0 Å². The number of furan rings is 1. The molecule has 2 unspecified atom stereocenters. The van der Waals surface area contributed by atoms with E-state index < -0.39 is 0 Å². The minimum atomic E-state index is 0.0135. The van der Waals surface area contributed by atoms with Gasteiger partial charge in [-0.3, -0.25) is 0 Å². The second-order valence-electron chi connectivity index (χ2n) is 17.8. The zero-order valence-electron chi connectivity index (χ0n) is 37.0. The first-order chi connectivity index (χ1) is 34.2. The molecule has 0 fully saturated rings. The number of para-hydroxylation sites is 1. The third-order valence-electron chi connectivity index (χ3n) is 13.7. The molecule has 9 aromatic carbocycles. The quantitative estimate of drug-likeness (QED) is 0.157. The predicted octanol–water partition coefficient (Wildman–Crippen LogP) is 14.6. The fourth-order valence-corrected chi connectivity index (χ4v) is 10.5. The van der Waals surface area contributed by atoms with Gasteiger partial charge in [-0.2, -0.15) is 0 Å². The number of aromatic nitrogens is 6. The van der Waals surface area contributed by atoms with Crippen LogP contribution < -0.4 is 0 Å². The van der Waals surface area contributed by atoms with E-state index in [1.165, 1.54) is 33.4 Å². The Morgan fingerprint density at radius 1 is 0.232 bits per heavy atom. The van der Waals surface area contributed by atoms with Crippen LogP contribution in [0.4, 0.5) is 0 Å². The van der Waals surface area contributed by atoms with Crippen LogP contribution in [0.5, 0.6) is 0 Å². The summed E-state index contributed by atoms with van der Waals surface area (Å²) in [6.45, 7) is 0. The normalized spacial score (nSPS) is 14.4. The van der Waals surface area contributed by atoms with Gasteiger partial charge in [-0.1, -0.05) is 182 Å². The van der Waals surface area contributed by atoms with Crippen molar-refractivity contribution in [2.75, 3.05) is 0 Å². The molecule has 3 aliphatic carbocycles. The van der Waals surface area contributed by atoms with Crippen LogP contribution in [0.15, 0.2) is 223 Å². The lowest BCUT2D eigenvalue weighted by molar-refractivity contribution is 0.669. The van der Waals surface area contributed by atoms with E-state index in [1.54, 1.807) is 0 Å².